The van der Waals surface area contributed by atoms with E-state index in [0.717, 1.165) is 38.3 Å². The van der Waals surface area contributed by atoms with Crippen LogP contribution in [0.15, 0.2) is 36.7 Å². The van der Waals surface area contributed by atoms with Crippen LogP contribution in [0, 0.1) is 6.92 Å². The van der Waals surface area contributed by atoms with E-state index < -0.39 is 0 Å². The van der Waals surface area contributed by atoms with E-state index in [9.17, 15) is 0 Å². The highest BCUT2D eigenvalue weighted by molar-refractivity contribution is 6.35. The molecule has 2 aromatic heterocycles. The highest BCUT2D eigenvalue weighted by Crippen LogP contribution is 2.36. The van der Waals surface area contributed by atoms with Crippen molar-refractivity contribution < 1.29 is 0 Å². The smallest absolute Gasteiger partial charge is 0.0755 e. The Bertz CT molecular complexity index is 896. The number of aryl methyl sites for hydroxylation is 1. The molecule has 2 heterocycles. The zero-order valence-corrected chi connectivity index (χ0v) is 17.1. The molecule has 132 valence electrons. The van der Waals surface area contributed by atoms with Crippen LogP contribution in [0.3, 0.4) is 0 Å². The molecule has 0 amide bonds. The van der Waals surface area contributed by atoms with Gasteiger partial charge in [0.05, 0.1) is 16.2 Å². The summed E-state index contributed by atoms with van der Waals surface area (Å²) in [5.74, 6) is 0. The number of pyridine rings is 2. The second-order valence-electron chi connectivity index (χ2n) is 6.78. The van der Waals surface area contributed by atoms with Gasteiger partial charge < -0.3 is 0 Å². The summed E-state index contributed by atoms with van der Waals surface area (Å²) in [6.45, 7) is 12.6. The second kappa shape index (κ2) is 7.72. The first-order valence-corrected chi connectivity index (χ1v) is 9.24. The van der Waals surface area contributed by atoms with Crippen molar-refractivity contribution in [2.75, 3.05) is 0 Å². The van der Waals surface area contributed by atoms with Crippen LogP contribution in [0.1, 0.15) is 45.7 Å². The molecule has 0 aliphatic heterocycles. The topological polar surface area (TPSA) is 25.8 Å². The van der Waals surface area contributed by atoms with Gasteiger partial charge in [-0.1, -0.05) is 63.9 Å². The summed E-state index contributed by atoms with van der Waals surface area (Å²) in [5.41, 5.74) is 4.93. The van der Waals surface area contributed by atoms with Gasteiger partial charge in [0.2, 0.25) is 0 Å². The number of rotatable bonds is 1. The second-order valence-corrected chi connectivity index (χ2v) is 7.59. The van der Waals surface area contributed by atoms with Crippen LogP contribution >= 0.6 is 23.2 Å². The molecule has 3 aromatic rings. The summed E-state index contributed by atoms with van der Waals surface area (Å²) in [6, 6.07) is 7.87. The number of aromatic nitrogens is 2. The van der Waals surface area contributed by atoms with E-state index in [1.807, 2.05) is 32.0 Å². The third-order valence-corrected chi connectivity index (χ3v) is 4.58. The molecular formula is C21H24Cl2N2. The molecule has 0 bridgehead atoms. The SMILES string of the molecule is CC.Cc1cc(C(C)(C)C)c(Cl)cc1-c1cc(Cl)c2cnccc2n1. The molecule has 1 aromatic carbocycles. The lowest BCUT2D eigenvalue weighted by molar-refractivity contribution is 0.590. The Hall–Kier alpha value is -1.64. The first-order chi connectivity index (χ1) is 11.8. The van der Waals surface area contributed by atoms with Gasteiger partial charge >= 0.3 is 0 Å². The molecule has 2 nitrogen and oxygen atoms in total. The van der Waals surface area contributed by atoms with Crippen LogP contribution in [0.25, 0.3) is 22.2 Å². The monoisotopic (exact) mass is 374 g/mol. The lowest BCUT2D eigenvalue weighted by atomic mass is 9.85. The van der Waals surface area contributed by atoms with E-state index in [1.165, 1.54) is 0 Å². The van der Waals surface area contributed by atoms with Gasteiger partial charge in [0.1, 0.15) is 0 Å². The van der Waals surface area contributed by atoms with Crippen molar-refractivity contribution in [3.8, 4) is 11.3 Å². The molecule has 0 saturated carbocycles. The van der Waals surface area contributed by atoms with Crippen LogP contribution < -0.4 is 0 Å². The van der Waals surface area contributed by atoms with Gasteiger partial charge in [-0.15, -0.1) is 0 Å². The van der Waals surface area contributed by atoms with E-state index in [4.69, 9.17) is 28.2 Å². The minimum absolute atomic E-state index is 0.000497. The normalized spacial score (nSPS) is 11.2. The summed E-state index contributed by atoms with van der Waals surface area (Å²) in [7, 11) is 0. The van der Waals surface area contributed by atoms with Crippen molar-refractivity contribution in [1.29, 1.82) is 0 Å². The molecule has 0 saturated heterocycles. The maximum Gasteiger partial charge on any atom is 0.0755 e. The Labute approximate surface area is 160 Å². The number of nitrogens with zero attached hydrogens (tertiary/aromatic N) is 2. The number of hydrogen-bond donors (Lipinski definition) is 0. The molecular weight excluding hydrogens is 351 g/mol. The molecule has 0 fully saturated rings. The van der Waals surface area contributed by atoms with Crippen molar-refractivity contribution in [1.82, 2.24) is 9.97 Å². The fraction of sp³-hybridized carbons (Fsp3) is 0.333. The Morgan fingerprint density at radius 2 is 1.64 bits per heavy atom. The molecule has 0 aliphatic rings. The average molecular weight is 375 g/mol. The van der Waals surface area contributed by atoms with Gasteiger partial charge in [-0.25, -0.2) is 4.98 Å². The van der Waals surface area contributed by atoms with Crippen molar-refractivity contribution in [2.45, 2.75) is 47.0 Å². The molecule has 0 unspecified atom stereocenters. The summed E-state index contributed by atoms with van der Waals surface area (Å²) in [5, 5.41) is 2.26. The zero-order chi connectivity index (χ0) is 18.8. The third kappa shape index (κ3) is 4.13. The van der Waals surface area contributed by atoms with Crippen molar-refractivity contribution in [3.05, 3.63) is 57.8 Å². The third-order valence-electron chi connectivity index (χ3n) is 3.96. The summed E-state index contributed by atoms with van der Waals surface area (Å²) in [6.07, 6.45) is 3.45. The molecule has 0 aliphatic carbocycles. The molecule has 0 N–H and O–H groups in total. The van der Waals surface area contributed by atoms with Crippen LogP contribution in [0.4, 0.5) is 0 Å². The predicted molar refractivity (Wildman–Crippen MR) is 110 cm³/mol. The first kappa shape index (κ1) is 19.7. The number of hydrogen-bond acceptors (Lipinski definition) is 2. The first-order valence-electron chi connectivity index (χ1n) is 8.48. The van der Waals surface area contributed by atoms with E-state index >= 15 is 0 Å². The number of fused-ring (bicyclic) bond motifs is 1. The highest BCUT2D eigenvalue weighted by atomic mass is 35.5. The number of benzene rings is 1. The lowest BCUT2D eigenvalue weighted by Gasteiger charge is -2.22. The van der Waals surface area contributed by atoms with Gasteiger partial charge in [0.25, 0.3) is 0 Å². The number of halogens is 2. The van der Waals surface area contributed by atoms with E-state index in [2.05, 4.69) is 38.7 Å². The standard InChI is InChI=1S/C19H18Cl2N2.C2H6/c1-11-7-14(19(2,3)4)16(21)8-12(11)18-9-15(20)13-10-22-6-5-17(13)23-18;1-2/h5-10H,1-4H3;1-2H3. The largest absolute Gasteiger partial charge is 0.264 e. The quantitative estimate of drug-likeness (QED) is 0.448. The Kier molecular flexibility index (Phi) is 6.08. The average Bonchev–Trinajstić information content (AvgIpc) is 2.57. The summed E-state index contributed by atoms with van der Waals surface area (Å²) in [4.78, 5) is 8.82. The fourth-order valence-corrected chi connectivity index (χ4v) is 3.39. The Morgan fingerprint density at radius 3 is 2.28 bits per heavy atom. The van der Waals surface area contributed by atoms with E-state index in [0.29, 0.717) is 5.02 Å². The van der Waals surface area contributed by atoms with Crippen LogP contribution in [-0.2, 0) is 5.41 Å². The predicted octanol–water partition coefficient (Wildman–Crippen LogP) is 7.24. The van der Waals surface area contributed by atoms with Crippen LogP contribution in [-0.4, -0.2) is 9.97 Å². The van der Waals surface area contributed by atoms with E-state index in [1.54, 1.807) is 12.4 Å². The minimum atomic E-state index is 0.000497. The molecule has 3 rings (SSSR count). The van der Waals surface area contributed by atoms with Crippen molar-refractivity contribution >= 4 is 34.1 Å². The van der Waals surface area contributed by atoms with Crippen LogP contribution in [0.5, 0.6) is 0 Å². The summed E-state index contributed by atoms with van der Waals surface area (Å²) < 4.78 is 0. The van der Waals surface area contributed by atoms with Gasteiger partial charge in [0, 0.05) is 28.4 Å². The van der Waals surface area contributed by atoms with Gasteiger partial charge in [-0.2, -0.15) is 0 Å². The molecule has 0 radical (unpaired) electrons. The maximum absolute atomic E-state index is 6.52. The Morgan fingerprint density at radius 1 is 0.960 bits per heavy atom. The zero-order valence-electron chi connectivity index (χ0n) is 15.6. The van der Waals surface area contributed by atoms with Gasteiger partial charge in [0.15, 0.2) is 0 Å². The minimum Gasteiger partial charge on any atom is -0.264 e. The van der Waals surface area contributed by atoms with E-state index in [-0.39, 0.29) is 5.41 Å². The lowest BCUT2D eigenvalue weighted by Crippen LogP contribution is -2.12. The van der Waals surface area contributed by atoms with Gasteiger partial charge in [-0.3, -0.25) is 4.98 Å². The van der Waals surface area contributed by atoms with Crippen molar-refractivity contribution in [2.24, 2.45) is 0 Å². The molecule has 4 heteroatoms. The summed E-state index contributed by atoms with van der Waals surface area (Å²) >= 11 is 12.9. The Balaban J connectivity index is 0.00000109. The molecule has 0 spiro atoms. The maximum atomic E-state index is 6.52. The highest BCUT2D eigenvalue weighted by Gasteiger charge is 2.19. The van der Waals surface area contributed by atoms with Gasteiger partial charge in [-0.05, 0) is 41.7 Å². The molecule has 0 atom stereocenters. The van der Waals surface area contributed by atoms with Crippen molar-refractivity contribution in [3.63, 3.8) is 0 Å². The van der Waals surface area contributed by atoms with Crippen LogP contribution in [0.2, 0.25) is 10.0 Å². The fourth-order valence-electron chi connectivity index (χ4n) is 2.70. The molecule has 25 heavy (non-hydrogen) atoms.